The minimum absolute atomic E-state index is 0.0338. The Hall–Kier alpha value is -0.960. The number of nitrogens with two attached hydrogens (primary N) is 1. The van der Waals surface area contributed by atoms with Gasteiger partial charge in [0.15, 0.2) is 0 Å². The Morgan fingerprint density at radius 2 is 1.79 bits per heavy atom. The molecular weight excluding hydrogens is 288 g/mol. The number of rotatable bonds is 6. The van der Waals surface area contributed by atoms with Crippen molar-refractivity contribution in [3.05, 3.63) is 29.3 Å². The van der Waals surface area contributed by atoms with Gasteiger partial charge in [0.25, 0.3) is 0 Å². The van der Waals surface area contributed by atoms with Crippen LogP contribution in [-0.4, -0.2) is 29.1 Å². The number of primary sulfonamides is 1. The lowest BCUT2D eigenvalue weighted by Gasteiger charge is -2.09. The number of aryl methyl sites for hydroxylation is 2. The first-order valence-corrected chi connectivity index (χ1v) is 8.89. The lowest BCUT2D eigenvalue weighted by molar-refractivity contribution is 0.576. The number of sulfonamides is 2. The van der Waals surface area contributed by atoms with E-state index < -0.39 is 20.0 Å². The molecule has 108 valence electrons. The summed E-state index contributed by atoms with van der Waals surface area (Å²) in [5.74, 6) is -0.248. The molecule has 1 aromatic carbocycles. The van der Waals surface area contributed by atoms with Gasteiger partial charge in [0.05, 0.1) is 10.6 Å². The van der Waals surface area contributed by atoms with E-state index in [0.29, 0.717) is 5.56 Å². The normalized spacial score (nSPS) is 12.6. The molecular formula is C11H18N2O4S2. The van der Waals surface area contributed by atoms with Crippen molar-refractivity contribution in [2.45, 2.75) is 25.2 Å². The van der Waals surface area contributed by atoms with Crippen LogP contribution >= 0.6 is 0 Å². The van der Waals surface area contributed by atoms with Crippen LogP contribution in [0.1, 0.15) is 17.5 Å². The number of nitrogens with one attached hydrogen (secondary N) is 1. The largest absolute Gasteiger partial charge is 0.240 e. The van der Waals surface area contributed by atoms with Crippen molar-refractivity contribution in [3.8, 4) is 0 Å². The topological polar surface area (TPSA) is 106 Å². The zero-order valence-corrected chi connectivity index (χ0v) is 12.5. The van der Waals surface area contributed by atoms with E-state index in [1.165, 1.54) is 6.07 Å². The number of benzene rings is 1. The third-order valence-electron chi connectivity index (χ3n) is 2.52. The molecule has 0 radical (unpaired) electrons. The predicted molar refractivity (Wildman–Crippen MR) is 73.7 cm³/mol. The minimum atomic E-state index is -3.61. The molecule has 0 aliphatic rings. The van der Waals surface area contributed by atoms with Crippen LogP contribution in [0.4, 0.5) is 0 Å². The second-order valence-electron chi connectivity index (χ2n) is 4.39. The Kier molecular flexibility index (Phi) is 5.08. The van der Waals surface area contributed by atoms with Gasteiger partial charge in [0.1, 0.15) is 0 Å². The molecule has 0 aliphatic carbocycles. The van der Waals surface area contributed by atoms with Crippen molar-refractivity contribution in [1.29, 1.82) is 0 Å². The summed E-state index contributed by atoms with van der Waals surface area (Å²) in [6.45, 7) is 3.63. The molecule has 0 aliphatic heterocycles. The zero-order valence-electron chi connectivity index (χ0n) is 10.9. The Bertz CT molecular complexity index is 651. The number of hydrogen-bond donors (Lipinski definition) is 2. The van der Waals surface area contributed by atoms with Gasteiger partial charge in [-0.15, -0.1) is 0 Å². The summed E-state index contributed by atoms with van der Waals surface area (Å²) in [6.07, 6.45) is 0.142. The Balaban J connectivity index is 2.71. The van der Waals surface area contributed by atoms with Gasteiger partial charge >= 0.3 is 0 Å². The van der Waals surface area contributed by atoms with Crippen LogP contribution in [0.25, 0.3) is 0 Å². The van der Waals surface area contributed by atoms with Crippen LogP contribution in [0, 0.1) is 13.8 Å². The third kappa shape index (κ3) is 5.27. The quantitative estimate of drug-likeness (QED) is 0.735. The van der Waals surface area contributed by atoms with E-state index in [1.807, 2.05) is 6.92 Å². The lowest BCUT2D eigenvalue weighted by Crippen LogP contribution is -2.28. The average Bonchev–Trinajstić information content (AvgIpc) is 2.22. The van der Waals surface area contributed by atoms with Crippen LogP contribution in [0.2, 0.25) is 0 Å². The van der Waals surface area contributed by atoms with Crippen LogP contribution < -0.4 is 9.86 Å². The fraction of sp³-hybridized carbons (Fsp3) is 0.455. The molecule has 0 saturated heterocycles. The highest BCUT2D eigenvalue weighted by Crippen LogP contribution is 2.16. The first kappa shape index (κ1) is 16.1. The van der Waals surface area contributed by atoms with E-state index in [9.17, 15) is 16.8 Å². The van der Waals surface area contributed by atoms with Gasteiger partial charge in [-0.05, 0) is 31.9 Å². The zero-order chi connectivity index (χ0) is 14.7. The second kappa shape index (κ2) is 6.00. The molecule has 0 fully saturated rings. The Labute approximate surface area is 114 Å². The van der Waals surface area contributed by atoms with Crippen molar-refractivity contribution in [1.82, 2.24) is 4.72 Å². The SMILES string of the molecule is Cc1ccc(S(=O)(=O)NCCCS(N)(=O)=O)c(C)c1. The molecule has 0 atom stereocenters. The summed E-state index contributed by atoms with van der Waals surface area (Å²) in [7, 11) is -7.17. The molecule has 0 spiro atoms. The molecule has 6 nitrogen and oxygen atoms in total. The summed E-state index contributed by atoms with van der Waals surface area (Å²) in [5.41, 5.74) is 1.63. The van der Waals surface area contributed by atoms with Crippen molar-refractivity contribution in [2.75, 3.05) is 12.3 Å². The van der Waals surface area contributed by atoms with Crippen LogP contribution in [0.15, 0.2) is 23.1 Å². The molecule has 3 N–H and O–H groups in total. The van der Waals surface area contributed by atoms with E-state index in [2.05, 4.69) is 4.72 Å². The van der Waals surface area contributed by atoms with Gasteiger partial charge < -0.3 is 0 Å². The van der Waals surface area contributed by atoms with Crippen molar-refractivity contribution in [3.63, 3.8) is 0 Å². The van der Waals surface area contributed by atoms with Crippen molar-refractivity contribution in [2.24, 2.45) is 5.14 Å². The average molecular weight is 306 g/mol. The molecule has 19 heavy (non-hydrogen) atoms. The molecule has 1 aromatic rings. The van der Waals surface area contributed by atoms with Crippen LogP contribution in [0.3, 0.4) is 0 Å². The van der Waals surface area contributed by atoms with Crippen LogP contribution in [-0.2, 0) is 20.0 Å². The highest BCUT2D eigenvalue weighted by atomic mass is 32.2. The molecule has 0 amide bonds. The molecule has 0 bridgehead atoms. The molecule has 0 aromatic heterocycles. The fourth-order valence-corrected chi connectivity index (χ4v) is 3.50. The van der Waals surface area contributed by atoms with E-state index >= 15 is 0 Å². The van der Waals surface area contributed by atoms with Crippen LogP contribution in [0.5, 0.6) is 0 Å². The van der Waals surface area contributed by atoms with E-state index in [4.69, 9.17) is 5.14 Å². The highest BCUT2D eigenvalue weighted by molar-refractivity contribution is 7.89. The summed E-state index contributed by atoms with van der Waals surface area (Å²) in [5, 5.41) is 4.83. The van der Waals surface area contributed by atoms with Gasteiger partial charge in [-0.2, -0.15) is 0 Å². The van der Waals surface area contributed by atoms with E-state index in [0.717, 1.165) is 5.56 Å². The standard InChI is InChI=1S/C11H18N2O4S2/c1-9-4-5-11(10(2)8-9)19(16,17)13-6-3-7-18(12,14)15/h4-5,8,13H,3,6-7H2,1-2H3,(H2,12,14,15). The third-order valence-corrected chi connectivity index (χ3v) is 5.00. The van der Waals surface area contributed by atoms with Crippen molar-refractivity contribution >= 4 is 20.0 Å². The summed E-state index contributed by atoms with van der Waals surface area (Å²) >= 11 is 0. The lowest BCUT2D eigenvalue weighted by atomic mass is 10.2. The van der Waals surface area contributed by atoms with Gasteiger partial charge in [0, 0.05) is 6.54 Å². The molecule has 0 saturated carbocycles. The highest BCUT2D eigenvalue weighted by Gasteiger charge is 2.16. The maximum absolute atomic E-state index is 12.0. The molecule has 0 heterocycles. The summed E-state index contributed by atoms with van der Waals surface area (Å²) in [6, 6.07) is 5.03. The summed E-state index contributed by atoms with van der Waals surface area (Å²) in [4.78, 5) is 0.203. The Morgan fingerprint density at radius 3 is 2.32 bits per heavy atom. The minimum Gasteiger partial charge on any atom is -0.229 e. The molecule has 0 unspecified atom stereocenters. The summed E-state index contributed by atoms with van der Waals surface area (Å²) < 4.78 is 47.8. The smallest absolute Gasteiger partial charge is 0.229 e. The van der Waals surface area contributed by atoms with E-state index in [-0.39, 0.29) is 23.6 Å². The fourth-order valence-electron chi connectivity index (χ4n) is 1.66. The first-order valence-electron chi connectivity index (χ1n) is 5.69. The molecule has 8 heteroatoms. The predicted octanol–water partition coefficient (Wildman–Crippen LogP) is 0.260. The monoisotopic (exact) mass is 306 g/mol. The van der Waals surface area contributed by atoms with Crippen molar-refractivity contribution < 1.29 is 16.8 Å². The van der Waals surface area contributed by atoms with Gasteiger partial charge in [-0.3, -0.25) is 0 Å². The first-order chi connectivity index (χ1) is 8.62. The van der Waals surface area contributed by atoms with E-state index in [1.54, 1.807) is 19.1 Å². The van der Waals surface area contributed by atoms with Gasteiger partial charge in [-0.25, -0.2) is 26.7 Å². The molecule has 1 rings (SSSR count). The van der Waals surface area contributed by atoms with Gasteiger partial charge in [0.2, 0.25) is 20.0 Å². The maximum atomic E-state index is 12.0. The van der Waals surface area contributed by atoms with Gasteiger partial charge in [-0.1, -0.05) is 17.7 Å². The number of hydrogen-bond acceptors (Lipinski definition) is 4. The Morgan fingerprint density at radius 1 is 1.16 bits per heavy atom. The second-order valence-corrected chi connectivity index (χ2v) is 7.86. The maximum Gasteiger partial charge on any atom is 0.240 e.